The van der Waals surface area contributed by atoms with Crippen molar-refractivity contribution in [2.75, 3.05) is 0 Å². The molecule has 0 spiro atoms. The van der Waals surface area contributed by atoms with Crippen molar-refractivity contribution < 1.29 is 4.92 Å². The van der Waals surface area contributed by atoms with Gasteiger partial charge in [0.1, 0.15) is 10.1 Å². The smallest absolute Gasteiger partial charge is 0.258 e. The fraction of sp³-hybridized carbons (Fsp3) is 0. The Balaban J connectivity index is 1.92. The molecule has 0 N–H and O–H groups in total. The van der Waals surface area contributed by atoms with Crippen LogP contribution in [0.2, 0.25) is 0 Å². The van der Waals surface area contributed by atoms with Crippen LogP contribution in [0.25, 0.3) is 10.9 Å². The molecule has 20 heavy (non-hydrogen) atoms. The van der Waals surface area contributed by atoms with Crippen LogP contribution in [0.3, 0.4) is 0 Å². The molecule has 0 aliphatic carbocycles. The zero-order chi connectivity index (χ0) is 13.9. The molecule has 0 unspecified atom stereocenters. The Hall–Kier alpha value is -2.47. The number of fused-ring (bicyclic) bond motifs is 1. The quantitative estimate of drug-likeness (QED) is 0.541. The van der Waals surface area contributed by atoms with E-state index < -0.39 is 4.92 Å². The highest BCUT2D eigenvalue weighted by Crippen LogP contribution is 2.28. The molecule has 0 aliphatic rings. The molecule has 0 fully saturated rings. The van der Waals surface area contributed by atoms with Crippen molar-refractivity contribution in [3.8, 4) is 0 Å². The number of benzene rings is 1. The Kier molecular flexibility index (Phi) is 3.30. The first kappa shape index (κ1) is 12.6. The molecular weight excluding hydrogens is 274 g/mol. The van der Waals surface area contributed by atoms with E-state index >= 15 is 0 Å². The first-order chi connectivity index (χ1) is 9.72. The van der Waals surface area contributed by atoms with Crippen LogP contribution in [0.1, 0.15) is 0 Å². The molecule has 0 aliphatic heterocycles. The normalized spacial score (nSPS) is 10.6. The third kappa shape index (κ3) is 2.60. The first-order valence-corrected chi connectivity index (χ1v) is 6.68. The van der Waals surface area contributed by atoms with Crippen LogP contribution in [-0.2, 0) is 0 Å². The van der Waals surface area contributed by atoms with Gasteiger partial charge in [0, 0.05) is 23.7 Å². The van der Waals surface area contributed by atoms with Gasteiger partial charge in [0.25, 0.3) is 5.69 Å². The van der Waals surface area contributed by atoms with Crippen LogP contribution in [-0.4, -0.2) is 14.9 Å². The molecular formula is C14H9N3O2S. The summed E-state index contributed by atoms with van der Waals surface area (Å²) >= 11 is 1.31. The molecule has 0 amide bonds. The van der Waals surface area contributed by atoms with Crippen LogP contribution in [0.15, 0.2) is 64.8 Å². The van der Waals surface area contributed by atoms with Crippen molar-refractivity contribution in [1.29, 1.82) is 0 Å². The molecule has 2 aromatic heterocycles. The second kappa shape index (κ2) is 5.26. The van der Waals surface area contributed by atoms with E-state index in [-0.39, 0.29) is 5.69 Å². The summed E-state index contributed by atoms with van der Waals surface area (Å²) in [7, 11) is 0. The lowest BCUT2D eigenvalue weighted by Crippen LogP contribution is -1.90. The van der Waals surface area contributed by atoms with E-state index in [9.17, 15) is 10.1 Å². The molecule has 0 atom stereocenters. The van der Waals surface area contributed by atoms with E-state index in [0.717, 1.165) is 15.9 Å². The molecule has 0 saturated carbocycles. The lowest BCUT2D eigenvalue weighted by atomic mass is 10.2. The first-order valence-electron chi connectivity index (χ1n) is 5.86. The largest absolute Gasteiger partial charge is 0.273 e. The van der Waals surface area contributed by atoms with E-state index in [4.69, 9.17) is 0 Å². The maximum atomic E-state index is 10.7. The van der Waals surface area contributed by atoms with E-state index in [0.29, 0.717) is 5.03 Å². The Morgan fingerprint density at radius 1 is 1.05 bits per heavy atom. The van der Waals surface area contributed by atoms with Gasteiger partial charge in [-0.2, -0.15) is 0 Å². The van der Waals surface area contributed by atoms with E-state index in [1.807, 2.05) is 36.4 Å². The van der Waals surface area contributed by atoms with Crippen LogP contribution in [0.5, 0.6) is 0 Å². The molecule has 2 heterocycles. The van der Waals surface area contributed by atoms with Gasteiger partial charge in [-0.25, -0.2) is 9.97 Å². The third-order valence-electron chi connectivity index (χ3n) is 2.71. The molecule has 0 bridgehead atoms. The summed E-state index contributed by atoms with van der Waals surface area (Å²) in [5.41, 5.74) is 0.922. The highest BCUT2D eigenvalue weighted by Gasteiger charge is 2.08. The van der Waals surface area contributed by atoms with Gasteiger partial charge >= 0.3 is 0 Å². The molecule has 1 aromatic carbocycles. The number of rotatable bonds is 3. The van der Waals surface area contributed by atoms with Crippen molar-refractivity contribution in [2.24, 2.45) is 0 Å². The minimum absolute atomic E-state index is 0.0308. The Labute approximate surface area is 118 Å². The Morgan fingerprint density at radius 2 is 1.90 bits per heavy atom. The Morgan fingerprint density at radius 3 is 2.75 bits per heavy atom. The van der Waals surface area contributed by atoms with Crippen molar-refractivity contribution in [1.82, 2.24) is 9.97 Å². The van der Waals surface area contributed by atoms with Gasteiger partial charge in [0.15, 0.2) is 0 Å². The summed E-state index contributed by atoms with van der Waals surface area (Å²) < 4.78 is 0. The van der Waals surface area contributed by atoms with Gasteiger partial charge in [0.05, 0.1) is 10.4 Å². The number of pyridine rings is 2. The summed E-state index contributed by atoms with van der Waals surface area (Å²) in [5, 5.41) is 13.1. The summed E-state index contributed by atoms with van der Waals surface area (Å²) in [4.78, 5) is 18.9. The topological polar surface area (TPSA) is 68.9 Å². The monoisotopic (exact) mass is 283 g/mol. The van der Waals surface area contributed by atoms with Gasteiger partial charge < -0.3 is 0 Å². The van der Waals surface area contributed by atoms with E-state index in [1.54, 1.807) is 0 Å². The van der Waals surface area contributed by atoms with Gasteiger partial charge in [-0.3, -0.25) is 10.1 Å². The van der Waals surface area contributed by atoms with Gasteiger partial charge in [-0.05, 0) is 23.9 Å². The maximum absolute atomic E-state index is 10.7. The summed E-state index contributed by atoms with van der Waals surface area (Å²) in [6.45, 7) is 0. The average Bonchev–Trinajstić information content (AvgIpc) is 2.47. The SMILES string of the molecule is O=[N+]([O-])c1ccnc(Sc2ccc3ccccc3n2)c1. The lowest BCUT2D eigenvalue weighted by molar-refractivity contribution is -0.385. The summed E-state index contributed by atoms with van der Waals surface area (Å²) in [5.74, 6) is 0. The number of para-hydroxylation sites is 1. The molecule has 98 valence electrons. The zero-order valence-electron chi connectivity index (χ0n) is 10.3. The second-order valence-electron chi connectivity index (χ2n) is 4.05. The number of hydrogen-bond acceptors (Lipinski definition) is 5. The number of nitro groups is 1. The van der Waals surface area contributed by atoms with Crippen molar-refractivity contribution in [2.45, 2.75) is 10.1 Å². The summed E-state index contributed by atoms with van der Waals surface area (Å²) in [6.07, 6.45) is 1.43. The summed E-state index contributed by atoms with van der Waals surface area (Å²) in [6, 6.07) is 14.5. The fourth-order valence-corrected chi connectivity index (χ4v) is 2.57. The minimum Gasteiger partial charge on any atom is -0.258 e. The van der Waals surface area contributed by atoms with Crippen molar-refractivity contribution >= 4 is 28.4 Å². The maximum Gasteiger partial charge on any atom is 0.273 e. The molecule has 0 radical (unpaired) electrons. The van der Waals surface area contributed by atoms with E-state index in [2.05, 4.69) is 9.97 Å². The van der Waals surface area contributed by atoms with Gasteiger partial charge in [-0.1, -0.05) is 24.3 Å². The van der Waals surface area contributed by atoms with Gasteiger partial charge in [0.2, 0.25) is 0 Å². The van der Waals surface area contributed by atoms with Gasteiger partial charge in [-0.15, -0.1) is 0 Å². The fourth-order valence-electron chi connectivity index (χ4n) is 1.78. The Bertz CT molecular complexity index is 792. The number of hydrogen-bond donors (Lipinski definition) is 0. The van der Waals surface area contributed by atoms with Crippen LogP contribution in [0.4, 0.5) is 5.69 Å². The van der Waals surface area contributed by atoms with Crippen LogP contribution < -0.4 is 0 Å². The predicted octanol–water partition coefficient (Wildman–Crippen LogP) is 3.69. The predicted molar refractivity (Wildman–Crippen MR) is 76.8 cm³/mol. The van der Waals surface area contributed by atoms with E-state index in [1.165, 1.54) is 30.1 Å². The highest BCUT2D eigenvalue weighted by atomic mass is 32.2. The van der Waals surface area contributed by atoms with Crippen molar-refractivity contribution in [3.63, 3.8) is 0 Å². The standard InChI is InChI=1S/C14H9N3O2S/c18-17(19)11-7-8-15-14(9-11)20-13-6-5-10-3-1-2-4-12(10)16-13/h1-9H. The van der Waals surface area contributed by atoms with Crippen molar-refractivity contribution in [3.05, 3.63) is 64.8 Å². The third-order valence-corrected chi connectivity index (χ3v) is 3.58. The lowest BCUT2D eigenvalue weighted by Gasteiger charge is -2.02. The molecule has 3 rings (SSSR count). The molecule has 3 aromatic rings. The van der Waals surface area contributed by atoms with Crippen LogP contribution >= 0.6 is 11.8 Å². The minimum atomic E-state index is -0.431. The number of aromatic nitrogens is 2. The second-order valence-corrected chi connectivity index (χ2v) is 5.09. The van der Waals surface area contributed by atoms with Crippen LogP contribution in [0, 0.1) is 10.1 Å². The molecule has 0 saturated heterocycles. The molecule has 6 heteroatoms. The highest BCUT2D eigenvalue weighted by molar-refractivity contribution is 7.99. The number of nitrogens with zero attached hydrogens (tertiary/aromatic N) is 3. The zero-order valence-corrected chi connectivity index (χ0v) is 11.1. The average molecular weight is 283 g/mol. The molecule has 5 nitrogen and oxygen atoms in total.